The monoisotopic (exact) mass is 477 g/mol. The number of pyridine rings is 2. The molecule has 8 nitrogen and oxygen atoms in total. The number of hydrogen-bond donors (Lipinski definition) is 2. The molecule has 0 aromatic carbocycles. The lowest BCUT2D eigenvalue weighted by Gasteiger charge is -2.32. The summed E-state index contributed by atoms with van der Waals surface area (Å²) in [6, 6.07) is 1.56. The molecule has 8 heteroatoms. The minimum absolute atomic E-state index is 0.0982. The highest BCUT2D eigenvalue weighted by Crippen LogP contribution is 2.47. The predicted octanol–water partition coefficient (Wildman–Crippen LogP) is 3.25. The highest BCUT2D eigenvalue weighted by atomic mass is 16.6. The van der Waals surface area contributed by atoms with Gasteiger partial charge < -0.3 is 19.7 Å². The van der Waals surface area contributed by atoms with E-state index in [1.165, 1.54) is 18.1 Å². The van der Waals surface area contributed by atoms with Crippen LogP contribution < -0.4 is 10.9 Å². The largest absolute Gasteiger partial charge is 0.458 e. The number of esters is 1. The Hall–Kier alpha value is -3.26. The fourth-order valence-corrected chi connectivity index (χ4v) is 5.90. The zero-order chi connectivity index (χ0) is 25.2. The summed E-state index contributed by atoms with van der Waals surface area (Å²) in [5, 5.41) is 14.3. The van der Waals surface area contributed by atoms with Crippen LogP contribution in [0.3, 0.4) is 0 Å². The van der Waals surface area contributed by atoms with Gasteiger partial charge in [0.25, 0.3) is 5.56 Å². The number of ether oxygens (including phenoxy) is 1. The summed E-state index contributed by atoms with van der Waals surface area (Å²) in [6.07, 6.45) is 2.41. The highest BCUT2D eigenvalue weighted by Gasteiger charge is 2.46. The molecule has 3 aliphatic rings. The van der Waals surface area contributed by atoms with Crippen LogP contribution >= 0.6 is 0 Å². The topological polar surface area (TPSA) is 111 Å². The molecule has 2 N–H and O–H groups in total. The molecule has 35 heavy (non-hydrogen) atoms. The molecule has 1 amide bonds. The summed E-state index contributed by atoms with van der Waals surface area (Å²) in [7, 11) is 0. The number of allylic oxidation sites excluding steroid dienone is 2. The van der Waals surface area contributed by atoms with E-state index in [9.17, 15) is 19.5 Å². The number of carbonyl (C=O) groups is 2. The Labute approximate surface area is 204 Å². The third-order valence-electron chi connectivity index (χ3n) is 7.67. The molecule has 5 rings (SSSR count). The van der Waals surface area contributed by atoms with Crippen LogP contribution in [0.25, 0.3) is 17.0 Å². The Morgan fingerprint density at radius 1 is 1.26 bits per heavy atom. The van der Waals surface area contributed by atoms with Crippen LogP contribution in [0.1, 0.15) is 93.4 Å². The average Bonchev–Trinajstić information content (AvgIpc) is 3.19. The van der Waals surface area contributed by atoms with Crippen molar-refractivity contribution in [2.24, 2.45) is 0 Å². The minimum Gasteiger partial charge on any atom is -0.458 e. The second kappa shape index (κ2) is 8.16. The molecule has 0 fully saturated rings. The number of aryl methyl sites for hydroxylation is 1. The third-order valence-corrected chi connectivity index (χ3v) is 7.67. The first-order valence-corrected chi connectivity index (χ1v) is 12.3. The number of rotatable bonds is 3. The smallest absolute Gasteiger partial charge is 0.343 e. The van der Waals surface area contributed by atoms with Crippen LogP contribution in [0.5, 0.6) is 0 Å². The Kier molecular flexibility index (Phi) is 5.47. The van der Waals surface area contributed by atoms with E-state index in [0.29, 0.717) is 35.5 Å². The van der Waals surface area contributed by atoms with Crippen LogP contribution in [-0.4, -0.2) is 26.5 Å². The van der Waals surface area contributed by atoms with Gasteiger partial charge in [-0.2, -0.15) is 0 Å². The zero-order valence-electron chi connectivity index (χ0n) is 20.9. The molecular formula is C27H31N3O5. The second-order valence-electron chi connectivity index (χ2n) is 9.90. The maximum atomic E-state index is 13.6. The van der Waals surface area contributed by atoms with E-state index in [-0.39, 0.29) is 30.5 Å². The second-order valence-corrected chi connectivity index (χ2v) is 9.90. The van der Waals surface area contributed by atoms with Gasteiger partial charge in [0.05, 0.1) is 29.5 Å². The Bertz CT molecular complexity index is 1380. The van der Waals surface area contributed by atoms with Crippen molar-refractivity contribution in [1.82, 2.24) is 14.9 Å². The van der Waals surface area contributed by atoms with E-state index in [1.54, 1.807) is 17.6 Å². The maximum Gasteiger partial charge on any atom is 0.343 e. The van der Waals surface area contributed by atoms with Crippen LogP contribution in [0, 0.1) is 0 Å². The number of aliphatic hydroxyl groups is 1. The van der Waals surface area contributed by atoms with E-state index in [0.717, 1.165) is 35.2 Å². The van der Waals surface area contributed by atoms with Gasteiger partial charge in [0.15, 0.2) is 5.60 Å². The van der Waals surface area contributed by atoms with E-state index in [2.05, 4.69) is 26.1 Å². The van der Waals surface area contributed by atoms with Crippen molar-refractivity contribution in [3.05, 3.63) is 55.5 Å². The van der Waals surface area contributed by atoms with E-state index < -0.39 is 11.6 Å². The molecule has 0 saturated heterocycles. The number of fused-ring (bicyclic) bond motifs is 6. The van der Waals surface area contributed by atoms with Gasteiger partial charge in [0.1, 0.15) is 6.61 Å². The van der Waals surface area contributed by atoms with Gasteiger partial charge in [-0.15, -0.1) is 0 Å². The SMILES string of the molecule is CCc1nc2c(c3c1C(=C(C)C)CC[C@H]3NC(C)=O)Cn1c-2cc2c(c1=O)COC(=O)[C@@]2(O)CC. The quantitative estimate of drug-likeness (QED) is 0.561. The Morgan fingerprint density at radius 2 is 2.00 bits per heavy atom. The van der Waals surface area contributed by atoms with Crippen LogP contribution in [0.2, 0.25) is 0 Å². The molecule has 0 bridgehead atoms. The van der Waals surface area contributed by atoms with Crippen LogP contribution in [0.15, 0.2) is 16.4 Å². The number of nitrogens with zero attached hydrogens (tertiary/aromatic N) is 2. The lowest BCUT2D eigenvalue weighted by Crippen LogP contribution is -2.44. The molecule has 4 heterocycles. The fraction of sp³-hybridized carbons (Fsp3) is 0.481. The van der Waals surface area contributed by atoms with Crippen molar-refractivity contribution < 1.29 is 19.4 Å². The van der Waals surface area contributed by atoms with Crippen molar-refractivity contribution in [2.45, 2.75) is 85.1 Å². The number of carbonyl (C=O) groups excluding carboxylic acids is 2. The molecule has 0 unspecified atom stereocenters. The van der Waals surface area contributed by atoms with E-state index >= 15 is 0 Å². The lowest BCUT2D eigenvalue weighted by molar-refractivity contribution is -0.172. The summed E-state index contributed by atoms with van der Waals surface area (Å²) >= 11 is 0. The van der Waals surface area contributed by atoms with Crippen molar-refractivity contribution in [3.63, 3.8) is 0 Å². The Morgan fingerprint density at radius 3 is 2.63 bits per heavy atom. The fourth-order valence-electron chi connectivity index (χ4n) is 5.90. The molecule has 184 valence electrons. The summed E-state index contributed by atoms with van der Waals surface area (Å²) < 4.78 is 6.85. The van der Waals surface area contributed by atoms with Crippen molar-refractivity contribution in [1.29, 1.82) is 0 Å². The van der Waals surface area contributed by atoms with Gasteiger partial charge >= 0.3 is 5.97 Å². The van der Waals surface area contributed by atoms with Gasteiger partial charge in [-0.25, -0.2) is 4.79 Å². The van der Waals surface area contributed by atoms with Crippen LogP contribution in [-0.2, 0) is 39.5 Å². The molecule has 2 atom stereocenters. The van der Waals surface area contributed by atoms with Gasteiger partial charge in [-0.05, 0) is 56.7 Å². The van der Waals surface area contributed by atoms with Crippen molar-refractivity contribution in [2.75, 3.05) is 0 Å². The van der Waals surface area contributed by atoms with Crippen LogP contribution in [0.4, 0.5) is 0 Å². The predicted molar refractivity (Wildman–Crippen MR) is 130 cm³/mol. The molecule has 0 spiro atoms. The molecule has 2 aromatic rings. The summed E-state index contributed by atoms with van der Waals surface area (Å²) in [5.41, 5.74) is 6.17. The molecule has 2 aliphatic heterocycles. The lowest BCUT2D eigenvalue weighted by atomic mass is 9.78. The molecule has 1 aliphatic carbocycles. The first-order chi connectivity index (χ1) is 16.6. The van der Waals surface area contributed by atoms with Crippen molar-refractivity contribution >= 4 is 17.4 Å². The van der Waals surface area contributed by atoms with Gasteiger partial charge in [0, 0.05) is 29.3 Å². The number of aromatic nitrogens is 2. The number of amides is 1. The van der Waals surface area contributed by atoms with Crippen molar-refractivity contribution in [3.8, 4) is 11.4 Å². The number of cyclic esters (lactones) is 1. The maximum absolute atomic E-state index is 13.6. The first-order valence-electron chi connectivity index (χ1n) is 12.3. The standard InChI is InChI=1S/C27H31N3O5/c1-6-19-22-15(13(3)4)8-9-20(28-14(5)31)23(22)16-11-30-21(24(16)29-19)10-18-17(25(30)32)12-35-26(33)27(18,34)7-2/h10,20,34H,6-9,11-12H2,1-5H3,(H,28,31)/t20-,27-/m1/s1. The number of hydrogen-bond acceptors (Lipinski definition) is 6. The summed E-state index contributed by atoms with van der Waals surface area (Å²) in [6.45, 7) is 9.63. The van der Waals surface area contributed by atoms with Gasteiger partial charge in [0.2, 0.25) is 5.91 Å². The summed E-state index contributed by atoms with van der Waals surface area (Å²) in [5.74, 6) is -0.835. The van der Waals surface area contributed by atoms with E-state index in [1.807, 2.05) is 0 Å². The highest BCUT2D eigenvalue weighted by molar-refractivity contribution is 5.85. The third kappa shape index (κ3) is 3.30. The normalized spacial score (nSPS) is 22.1. The summed E-state index contributed by atoms with van der Waals surface area (Å²) in [4.78, 5) is 43.2. The minimum atomic E-state index is -1.86. The molecule has 0 saturated carbocycles. The van der Waals surface area contributed by atoms with E-state index in [4.69, 9.17) is 9.72 Å². The Balaban J connectivity index is 1.82. The molecule has 2 aromatic heterocycles. The molecular weight excluding hydrogens is 446 g/mol. The van der Waals surface area contributed by atoms with Gasteiger partial charge in [-0.3, -0.25) is 14.6 Å². The number of nitrogens with one attached hydrogen (secondary N) is 1. The average molecular weight is 478 g/mol. The van der Waals surface area contributed by atoms with Gasteiger partial charge in [-0.1, -0.05) is 19.4 Å². The first kappa shape index (κ1) is 23.5. The molecule has 0 radical (unpaired) electrons. The zero-order valence-corrected chi connectivity index (χ0v) is 20.9.